The number of hydrogen-bond acceptors (Lipinski definition) is 2. The normalized spacial score (nSPS) is 12.2. The highest BCUT2D eigenvalue weighted by Crippen LogP contribution is 2.10. The van der Waals surface area contributed by atoms with E-state index in [0.29, 0.717) is 6.54 Å². The quantitative estimate of drug-likeness (QED) is 0.779. The van der Waals surface area contributed by atoms with Crippen molar-refractivity contribution in [3.05, 3.63) is 35.4 Å². The summed E-state index contributed by atoms with van der Waals surface area (Å²) < 4.78 is 0. The van der Waals surface area contributed by atoms with Crippen molar-refractivity contribution in [2.24, 2.45) is 5.73 Å². The smallest absolute Gasteiger partial charge is 0.251 e. The fourth-order valence-corrected chi connectivity index (χ4v) is 2.11. The first-order valence-electron chi connectivity index (χ1n) is 6.81. The Hall–Kier alpha value is -1.35. The van der Waals surface area contributed by atoms with Crippen LogP contribution in [0, 0.1) is 0 Å². The highest BCUT2D eigenvalue weighted by atomic mass is 16.1. The lowest BCUT2D eigenvalue weighted by Crippen LogP contribution is -2.34. The van der Waals surface area contributed by atoms with Gasteiger partial charge in [-0.15, -0.1) is 0 Å². The van der Waals surface area contributed by atoms with Gasteiger partial charge in [-0.2, -0.15) is 0 Å². The van der Waals surface area contributed by atoms with E-state index < -0.39 is 0 Å². The van der Waals surface area contributed by atoms with E-state index in [4.69, 9.17) is 5.73 Å². The third-order valence-electron chi connectivity index (χ3n) is 3.14. The lowest BCUT2D eigenvalue weighted by molar-refractivity contribution is 0.0933. The second-order valence-electron chi connectivity index (χ2n) is 4.56. The number of carbonyl (C=O) groups is 1. The number of nitrogens with two attached hydrogens (primary N) is 1. The van der Waals surface area contributed by atoms with Gasteiger partial charge >= 0.3 is 0 Å². The van der Waals surface area contributed by atoms with Crippen LogP contribution >= 0.6 is 0 Å². The van der Waals surface area contributed by atoms with E-state index in [0.717, 1.165) is 36.8 Å². The molecule has 0 aliphatic carbocycles. The minimum Gasteiger partial charge on any atom is -0.349 e. The van der Waals surface area contributed by atoms with Gasteiger partial charge in [-0.05, 0) is 37.4 Å². The van der Waals surface area contributed by atoms with Gasteiger partial charge in [0, 0.05) is 11.6 Å². The van der Waals surface area contributed by atoms with Crippen LogP contribution < -0.4 is 11.1 Å². The van der Waals surface area contributed by atoms with Crippen molar-refractivity contribution in [3.8, 4) is 0 Å². The Balaban J connectivity index is 2.76. The van der Waals surface area contributed by atoms with Gasteiger partial charge in [0.05, 0.1) is 0 Å². The fraction of sp³-hybridized carbons (Fsp3) is 0.533. The molecule has 0 aliphatic rings. The summed E-state index contributed by atoms with van der Waals surface area (Å²) in [5.74, 6) is 0.0272. The Labute approximate surface area is 110 Å². The minimum atomic E-state index is 0.0272. The highest BCUT2D eigenvalue weighted by molar-refractivity contribution is 5.95. The molecule has 0 spiro atoms. The summed E-state index contributed by atoms with van der Waals surface area (Å²) in [6, 6.07) is 7.97. The van der Waals surface area contributed by atoms with Crippen LogP contribution in [0.1, 0.15) is 49.0 Å². The molecule has 1 amide bonds. The number of nitrogens with one attached hydrogen (secondary N) is 1. The van der Waals surface area contributed by atoms with Crippen LogP contribution in [0.4, 0.5) is 0 Å². The lowest BCUT2D eigenvalue weighted by Gasteiger charge is -2.17. The Morgan fingerprint density at radius 3 is 2.67 bits per heavy atom. The summed E-state index contributed by atoms with van der Waals surface area (Å²) >= 11 is 0. The van der Waals surface area contributed by atoms with Gasteiger partial charge in [-0.1, -0.05) is 38.5 Å². The monoisotopic (exact) mass is 248 g/mol. The average Bonchev–Trinajstić information content (AvgIpc) is 2.39. The van der Waals surface area contributed by atoms with E-state index in [1.54, 1.807) is 0 Å². The molecule has 0 fully saturated rings. The highest BCUT2D eigenvalue weighted by Gasteiger charge is 2.13. The van der Waals surface area contributed by atoms with Crippen molar-refractivity contribution in [3.63, 3.8) is 0 Å². The van der Waals surface area contributed by atoms with Crippen LogP contribution in [0.3, 0.4) is 0 Å². The van der Waals surface area contributed by atoms with E-state index >= 15 is 0 Å². The molecule has 0 heterocycles. The van der Waals surface area contributed by atoms with Crippen LogP contribution in [-0.2, 0) is 6.42 Å². The maximum atomic E-state index is 12.2. The predicted octanol–water partition coefficient (Wildman–Crippen LogP) is 2.50. The number of benzene rings is 1. The Bertz CT molecular complexity index is 377. The zero-order valence-electron chi connectivity index (χ0n) is 11.4. The van der Waals surface area contributed by atoms with Gasteiger partial charge in [0.2, 0.25) is 0 Å². The van der Waals surface area contributed by atoms with E-state index in [1.165, 1.54) is 0 Å². The molecule has 0 saturated carbocycles. The van der Waals surface area contributed by atoms with Gasteiger partial charge in [0.1, 0.15) is 0 Å². The Morgan fingerprint density at radius 1 is 1.33 bits per heavy atom. The van der Waals surface area contributed by atoms with Gasteiger partial charge in [-0.25, -0.2) is 0 Å². The molecule has 1 aromatic rings. The van der Waals surface area contributed by atoms with Crippen molar-refractivity contribution in [1.29, 1.82) is 0 Å². The molecule has 18 heavy (non-hydrogen) atoms. The van der Waals surface area contributed by atoms with Crippen LogP contribution in [0.5, 0.6) is 0 Å². The molecule has 100 valence electrons. The first kappa shape index (κ1) is 14.7. The first-order chi connectivity index (χ1) is 8.72. The van der Waals surface area contributed by atoms with Gasteiger partial charge in [0.25, 0.3) is 5.91 Å². The average molecular weight is 248 g/mol. The summed E-state index contributed by atoms with van der Waals surface area (Å²) in [6.45, 7) is 4.81. The fourth-order valence-electron chi connectivity index (χ4n) is 2.11. The van der Waals surface area contributed by atoms with Crippen LogP contribution in [0.25, 0.3) is 0 Å². The Morgan fingerprint density at radius 2 is 2.06 bits per heavy atom. The van der Waals surface area contributed by atoms with Gasteiger partial charge in [-0.3, -0.25) is 4.79 Å². The summed E-state index contributed by atoms with van der Waals surface area (Å²) in [4.78, 5) is 12.2. The van der Waals surface area contributed by atoms with Gasteiger partial charge in [0.15, 0.2) is 0 Å². The molecule has 3 heteroatoms. The molecule has 1 unspecified atom stereocenters. The number of rotatable bonds is 7. The van der Waals surface area contributed by atoms with Crippen LogP contribution in [-0.4, -0.2) is 18.5 Å². The second-order valence-corrected chi connectivity index (χ2v) is 4.56. The van der Waals surface area contributed by atoms with E-state index in [2.05, 4.69) is 19.2 Å². The third-order valence-corrected chi connectivity index (χ3v) is 3.14. The SMILES string of the molecule is CCCC(CC)NC(=O)c1ccccc1CCN. The summed E-state index contributed by atoms with van der Waals surface area (Å²) in [5.41, 5.74) is 7.37. The number of carbonyl (C=O) groups excluding carboxylic acids is 1. The molecule has 0 radical (unpaired) electrons. The number of hydrogen-bond donors (Lipinski definition) is 2. The number of amides is 1. The largest absolute Gasteiger partial charge is 0.349 e. The van der Waals surface area contributed by atoms with Crippen molar-refractivity contribution >= 4 is 5.91 Å². The Kier molecular flexibility index (Phi) is 6.44. The molecular formula is C15H24N2O. The van der Waals surface area contributed by atoms with Crippen molar-refractivity contribution in [2.75, 3.05) is 6.54 Å². The molecule has 1 atom stereocenters. The first-order valence-corrected chi connectivity index (χ1v) is 6.81. The molecule has 0 aromatic heterocycles. The lowest BCUT2D eigenvalue weighted by atomic mass is 10.0. The van der Waals surface area contributed by atoms with E-state index in [9.17, 15) is 4.79 Å². The zero-order valence-corrected chi connectivity index (χ0v) is 11.4. The predicted molar refractivity (Wildman–Crippen MR) is 75.7 cm³/mol. The zero-order chi connectivity index (χ0) is 13.4. The molecular weight excluding hydrogens is 224 g/mol. The molecule has 1 rings (SSSR count). The topological polar surface area (TPSA) is 55.1 Å². The minimum absolute atomic E-state index is 0.0272. The summed E-state index contributed by atoms with van der Waals surface area (Å²) in [5, 5.41) is 3.10. The molecule has 3 N–H and O–H groups in total. The van der Waals surface area contributed by atoms with Crippen molar-refractivity contribution in [2.45, 2.75) is 45.6 Å². The standard InChI is InChI=1S/C15H24N2O/c1-3-7-13(4-2)17-15(18)14-9-6-5-8-12(14)10-11-16/h5-6,8-9,13H,3-4,7,10-11,16H2,1-2H3,(H,17,18). The third kappa shape index (κ3) is 4.15. The molecule has 0 saturated heterocycles. The van der Waals surface area contributed by atoms with Crippen LogP contribution in [0.15, 0.2) is 24.3 Å². The molecule has 0 aliphatic heterocycles. The van der Waals surface area contributed by atoms with Crippen LogP contribution in [0.2, 0.25) is 0 Å². The maximum Gasteiger partial charge on any atom is 0.251 e. The van der Waals surface area contributed by atoms with Crippen molar-refractivity contribution in [1.82, 2.24) is 5.32 Å². The van der Waals surface area contributed by atoms with Crippen molar-refractivity contribution < 1.29 is 4.79 Å². The summed E-state index contributed by atoms with van der Waals surface area (Å²) in [7, 11) is 0. The van der Waals surface area contributed by atoms with E-state index in [1.807, 2.05) is 24.3 Å². The maximum absolute atomic E-state index is 12.2. The van der Waals surface area contributed by atoms with E-state index in [-0.39, 0.29) is 11.9 Å². The van der Waals surface area contributed by atoms with Gasteiger partial charge < -0.3 is 11.1 Å². The second kappa shape index (κ2) is 7.88. The summed E-state index contributed by atoms with van der Waals surface area (Å²) in [6.07, 6.45) is 3.83. The molecule has 1 aromatic carbocycles. The molecule has 0 bridgehead atoms. The molecule has 3 nitrogen and oxygen atoms in total.